The zero-order valence-electron chi connectivity index (χ0n) is 14.0. The van der Waals surface area contributed by atoms with Gasteiger partial charge in [0.2, 0.25) is 0 Å². The topological polar surface area (TPSA) is 159 Å². The van der Waals surface area contributed by atoms with Gasteiger partial charge < -0.3 is 16.2 Å². The van der Waals surface area contributed by atoms with Crippen LogP contribution in [0.1, 0.15) is 15.9 Å². The average Bonchev–Trinajstić information content (AvgIpc) is 2.65. The van der Waals surface area contributed by atoms with Crippen molar-refractivity contribution in [2.75, 3.05) is 6.26 Å². The highest BCUT2D eigenvalue weighted by molar-refractivity contribution is 7.91. The molecule has 0 saturated carbocycles. The Bertz CT molecular complexity index is 1200. The van der Waals surface area contributed by atoms with E-state index in [9.17, 15) is 21.6 Å². The molecule has 0 unspecified atom stereocenters. The number of aliphatic imine (C=N–C) groups is 1. The molecular weight excluding hydrogens is 394 g/mol. The van der Waals surface area contributed by atoms with E-state index in [1.807, 2.05) is 0 Å². The maximum atomic E-state index is 12.8. The first-order valence-electron chi connectivity index (χ1n) is 7.49. The Balaban J connectivity index is 2.13. The van der Waals surface area contributed by atoms with Crippen LogP contribution in [-0.4, -0.2) is 35.0 Å². The predicted molar refractivity (Wildman–Crippen MR) is 97.1 cm³/mol. The Morgan fingerprint density at radius 3 is 2.41 bits per heavy atom. The first-order valence-corrected chi connectivity index (χ1v) is 11.0. The van der Waals surface area contributed by atoms with E-state index in [4.69, 9.17) is 16.2 Å². The maximum Gasteiger partial charge on any atom is 0.280 e. The number of amides is 1. The third-order valence-electron chi connectivity index (χ3n) is 3.78. The summed E-state index contributed by atoms with van der Waals surface area (Å²) in [6.07, 6.45) is 1.02. The van der Waals surface area contributed by atoms with Crippen LogP contribution in [0.5, 0.6) is 11.5 Å². The first-order chi connectivity index (χ1) is 12.5. The minimum Gasteiger partial charge on any atom is -0.456 e. The Hall–Kier alpha value is -2.92. The molecule has 11 heteroatoms. The number of benzene rings is 2. The van der Waals surface area contributed by atoms with Crippen LogP contribution in [0.3, 0.4) is 0 Å². The van der Waals surface area contributed by atoms with Gasteiger partial charge in [0, 0.05) is 17.4 Å². The molecule has 1 aliphatic rings. The predicted octanol–water partition coefficient (Wildman–Crippen LogP) is 0.583. The van der Waals surface area contributed by atoms with Gasteiger partial charge >= 0.3 is 0 Å². The number of fused-ring (bicyclic) bond motifs is 2. The van der Waals surface area contributed by atoms with Gasteiger partial charge in [-0.2, -0.15) is 4.99 Å². The van der Waals surface area contributed by atoms with Gasteiger partial charge in [-0.15, -0.1) is 0 Å². The summed E-state index contributed by atoms with van der Waals surface area (Å²) < 4.78 is 54.7. The number of guanidine groups is 1. The highest BCUT2D eigenvalue weighted by Gasteiger charge is 2.28. The second-order valence-corrected chi connectivity index (χ2v) is 9.88. The van der Waals surface area contributed by atoms with Crippen LogP contribution in [0.25, 0.3) is 0 Å². The molecule has 0 aliphatic carbocycles. The van der Waals surface area contributed by atoms with Crippen LogP contribution in [0.4, 0.5) is 0 Å². The van der Waals surface area contributed by atoms with Crippen molar-refractivity contribution in [3.63, 3.8) is 0 Å². The van der Waals surface area contributed by atoms with Crippen LogP contribution in [0.2, 0.25) is 0 Å². The van der Waals surface area contributed by atoms with Gasteiger partial charge in [0.05, 0.1) is 10.6 Å². The van der Waals surface area contributed by atoms with Crippen LogP contribution >= 0.6 is 0 Å². The summed E-state index contributed by atoms with van der Waals surface area (Å²) in [6, 6.07) is 7.78. The zero-order chi connectivity index (χ0) is 20.0. The third-order valence-corrected chi connectivity index (χ3v) is 6.57. The minimum atomic E-state index is -3.92. The summed E-state index contributed by atoms with van der Waals surface area (Å²) in [5.41, 5.74) is 10.5. The number of nitrogens with zero attached hydrogens (tertiary/aromatic N) is 1. The van der Waals surface area contributed by atoms with Crippen molar-refractivity contribution in [1.29, 1.82) is 0 Å². The van der Waals surface area contributed by atoms with Crippen LogP contribution in [-0.2, 0) is 25.4 Å². The second kappa shape index (κ2) is 6.35. The number of rotatable bonds is 2. The van der Waals surface area contributed by atoms with E-state index in [1.165, 1.54) is 30.3 Å². The largest absolute Gasteiger partial charge is 0.456 e. The monoisotopic (exact) mass is 409 g/mol. The Labute approximate surface area is 155 Å². The van der Waals surface area contributed by atoms with Gasteiger partial charge in [0.1, 0.15) is 16.4 Å². The van der Waals surface area contributed by atoms with Gasteiger partial charge in [-0.25, -0.2) is 16.8 Å². The average molecular weight is 409 g/mol. The summed E-state index contributed by atoms with van der Waals surface area (Å²) in [5.74, 6) is -1.50. The maximum absolute atomic E-state index is 12.8. The second-order valence-electron chi connectivity index (χ2n) is 5.91. The van der Waals surface area contributed by atoms with Gasteiger partial charge in [0.25, 0.3) is 5.91 Å². The lowest BCUT2D eigenvalue weighted by molar-refractivity contribution is 0.100. The van der Waals surface area contributed by atoms with Crippen LogP contribution in [0, 0.1) is 0 Å². The van der Waals surface area contributed by atoms with Crippen molar-refractivity contribution in [3.05, 3.63) is 47.5 Å². The van der Waals surface area contributed by atoms with Crippen molar-refractivity contribution in [2.24, 2.45) is 16.5 Å². The highest BCUT2D eigenvalue weighted by atomic mass is 32.2. The van der Waals surface area contributed by atoms with E-state index in [2.05, 4.69) is 4.99 Å². The molecule has 4 N–H and O–H groups in total. The van der Waals surface area contributed by atoms with E-state index in [1.54, 1.807) is 0 Å². The molecule has 1 heterocycles. The fourth-order valence-corrected chi connectivity index (χ4v) is 4.73. The summed E-state index contributed by atoms with van der Waals surface area (Å²) >= 11 is 0. The number of sulfone groups is 2. The molecule has 1 amide bonds. The third kappa shape index (κ3) is 3.78. The number of carbonyl (C=O) groups excluding carboxylic acids is 1. The Kier molecular flexibility index (Phi) is 4.44. The van der Waals surface area contributed by atoms with Crippen LogP contribution in [0.15, 0.2) is 51.2 Å². The lowest BCUT2D eigenvalue weighted by Gasteiger charge is -2.09. The summed E-state index contributed by atoms with van der Waals surface area (Å²) in [6.45, 7) is 0. The molecule has 142 valence electrons. The molecule has 0 aromatic heterocycles. The molecular formula is C16H15N3O6S2. The quantitative estimate of drug-likeness (QED) is 0.538. The number of ether oxygens (including phenoxy) is 1. The first kappa shape index (κ1) is 18.9. The van der Waals surface area contributed by atoms with E-state index in [0.29, 0.717) is 0 Å². The molecule has 27 heavy (non-hydrogen) atoms. The Morgan fingerprint density at radius 1 is 1.11 bits per heavy atom. The van der Waals surface area contributed by atoms with Crippen molar-refractivity contribution in [2.45, 2.75) is 15.5 Å². The standard InChI is InChI=1S/C16H15N3O6S2/c1-26(21,22)11-3-5-12-10(6-11)8-27(23,24)14-7-9(2-4-13(14)25-12)15(20)19-16(17)18/h2-7H,8H2,1H3,(H4,17,18,19,20). The highest BCUT2D eigenvalue weighted by Crippen LogP contribution is 2.39. The van der Waals surface area contributed by atoms with Gasteiger partial charge in [-0.1, -0.05) is 0 Å². The molecule has 0 fully saturated rings. The molecule has 0 spiro atoms. The molecule has 0 bridgehead atoms. The fourth-order valence-electron chi connectivity index (χ4n) is 2.55. The SMILES string of the molecule is CS(=O)(=O)c1ccc2c(c1)CS(=O)(=O)c1cc(C(=O)N=C(N)N)ccc1O2. The summed E-state index contributed by atoms with van der Waals surface area (Å²) in [4.78, 5) is 15.1. The van der Waals surface area contributed by atoms with Crippen molar-refractivity contribution in [1.82, 2.24) is 0 Å². The molecule has 2 aromatic rings. The molecule has 9 nitrogen and oxygen atoms in total. The zero-order valence-corrected chi connectivity index (χ0v) is 15.7. The number of nitrogens with two attached hydrogens (primary N) is 2. The number of hydrogen-bond acceptors (Lipinski definition) is 6. The van der Waals surface area contributed by atoms with Gasteiger partial charge in [-0.3, -0.25) is 4.79 Å². The van der Waals surface area contributed by atoms with Crippen molar-refractivity contribution < 1.29 is 26.4 Å². The molecule has 0 atom stereocenters. The van der Waals surface area contributed by atoms with E-state index in [0.717, 1.165) is 12.3 Å². The number of hydrogen-bond donors (Lipinski definition) is 2. The lowest BCUT2D eigenvalue weighted by atomic mass is 10.2. The minimum absolute atomic E-state index is 0.0158. The molecule has 0 saturated heterocycles. The van der Waals surface area contributed by atoms with Crippen molar-refractivity contribution in [3.8, 4) is 11.5 Å². The summed E-state index contributed by atoms with van der Waals surface area (Å²) in [5, 5.41) is 0. The van der Waals surface area contributed by atoms with E-state index < -0.39 is 37.3 Å². The molecule has 0 radical (unpaired) electrons. The van der Waals surface area contributed by atoms with E-state index in [-0.39, 0.29) is 32.4 Å². The van der Waals surface area contributed by atoms with Gasteiger partial charge in [-0.05, 0) is 36.4 Å². The normalized spacial score (nSPS) is 14.9. The van der Waals surface area contributed by atoms with Gasteiger partial charge in [0.15, 0.2) is 25.6 Å². The summed E-state index contributed by atoms with van der Waals surface area (Å²) in [7, 11) is -7.44. The number of carbonyl (C=O) groups is 1. The van der Waals surface area contributed by atoms with E-state index >= 15 is 0 Å². The smallest absolute Gasteiger partial charge is 0.280 e. The fraction of sp³-hybridized carbons (Fsp3) is 0.125. The Morgan fingerprint density at radius 2 is 1.78 bits per heavy atom. The van der Waals surface area contributed by atoms with Crippen LogP contribution < -0.4 is 16.2 Å². The lowest BCUT2D eigenvalue weighted by Crippen LogP contribution is -2.24. The molecule has 2 aromatic carbocycles. The molecule has 3 rings (SSSR count). The van der Waals surface area contributed by atoms with Crippen molar-refractivity contribution >= 4 is 31.5 Å². The molecule has 1 aliphatic heterocycles.